The van der Waals surface area contributed by atoms with Crippen molar-refractivity contribution in [3.63, 3.8) is 0 Å². The van der Waals surface area contributed by atoms with E-state index in [1.54, 1.807) is 12.4 Å². The number of unbranched alkanes of at least 4 members (excludes halogenated alkanes) is 1. The summed E-state index contributed by atoms with van der Waals surface area (Å²) in [5, 5.41) is 4.51. The first-order chi connectivity index (χ1) is 16.6. The van der Waals surface area contributed by atoms with Gasteiger partial charge in [-0.3, -0.25) is 4.79 Å². The lowest BCUT2D eigenvalue weighted by Gasteiger charge is -2.11. The van der Waals surface area contributed by atoms with Crippen molar-refractivity contribution in [1.29, 1.82) is 0 Å². The number of rotatable bonds is 11. The van der Waals surface area contributed by atoms with E-state index in [1.807, 2.05) is 42.5 Å². The molecule has 0 aliphatic rings. The predicted molar refractivity (Wildman–Crippen MR) is 134 cm³/mol. The summed E-state index contributed by atoms with van der Waals surface area (Å²) in [5.41, 5.74) is 2.92. The molecule has 0 aliphatic heterocycles. The molecule has 0 unspecified atom stereocenters. The first-order valence-corrected chi connectivity index (χ1v) is 11.9. The minimum Gasteiger partial charge on any atom is -0.375 e. The van der Waals surface area contributed by atoms with Crippen molar-refractivity contribution in [1.82, 2.24) is 25.3 Å². The Morgan fingerprint density at radius 1 is 1.12 bits per heavy atom. The maximum absolute atomic E-state index is 12.8. The number of aromatic amines is 1. The van der Waals surface area contributed by atoms with Gasteiger partial charge in [-0.2, -0.15) is 0 Å². The molecule has 0 atom stereocenters. The lowest BCUT2D eigenvalue weighted by Crippen LogP contribution is -2.24. The zero-order valence-electron chi connectivity index (χ0n) is 19.2. The van der Waals surface area contributed by atoms with Gasteiger partial charge in [0.05, 0.1) is 17.8 Å². The van der Waals surface area contributed by atoms with E-state index in [-0.39, 0.29) is 5.91 Å². The molecule has 2 aromatic carbocycles. The molecule has 0 bridgehead atoms. The van der Waals surface area contributed by atoms with Crippen LogP contribution in [0.1, 0.15) is 48.1 Å². The minimum absolute atomic E-state index is 0.131. The van der Waals surface area contributed by atoms with Crippen LogP contribution < -0.4 is 5.32 Å². The van der Waals surface area contributed by atoms with Gasteiger partial charge in [-0.25, -0.2) is 15.0 Å². The summed E-state index contributed by atoms with van der Waals surface area (Å²) in [6, 6.07) is 12.9. The standard InChI is InChI=1S/C26H28ClN5O2/c1-2-3-15-34-17-23-21-11-8-19(26(33)30-12-4-5-24-28-13-14-29-24)16-22(21)31-25(32-23)18-6-9-20(27)10-7-18/h6-11,13-14,16H,2-5,12,15,17H2,1H3,(H,28,29)(H,30,33). The molecule has 0 saturated carbocycles. The van der Waals surface area contributed by atoms with Crippen LogP contribution in [0.25, 0.3) is 22.3 Å². The van der Waals surface area contributed by atoms with E-state index in [2.05, 4.69) is 22.2 Å². The smallest absolute Gasteiger partial charge is 0.251 e. The fraction of sp³-hybridized carbons (Fsp3) is 0.308. The van der Waals surface area contributed by atoms with Crippen LogP contribution in [0.2, 0.25) is 5.02 Å². The Morgan fingerprint density at radius 2 is 1.97 bits per heavy atom. The molecule has 0 radical (unpaired) electrons. The molecule has 8 heteroatoms. The number of nitrogens with one attached hydrogen (secondary N) is 2. The molecule has 1 amide bonds. The summed E-state index contributed by atoms with van der Waals surface area (Å²) in [6.45, 7) is 3.76. The largest absolute Gasteiger partial charge is 0.375 e. The third-order valence-corrected chi connectivity index (χ3v) is 5.70. The number of fused-ring (bicyclic) bond motifs is 1. The van der Waals surface area contributed by atoms with Gasteiger partial charge in [0.2, 0.25) is 0 Å². The van der Waals surface area contributed by atoms with Crippen LogP contribution >= 0.6 is 11.6 Å². The van der Waals surface area contributed by atoms with Gasteiger partial charge < -0.3 is 15.0 Å². The second kappa shape index (κ2) is 11.7. The van der Waals surface area contributed by atoms with Crippen molar-refractivity contribution in [2.75, 3.05) is 13.2 Å². The molecule has 2 N–H and O–H groups in total. The minimum atomic E-state index is -0.131. The van der Waals surface area contributed by atoms with Gasteiger partial charge in [-0.15, -0.1) is 0 Å². The van der Waals surface area contributed by atoms with Crippen LogP contribution in [0.15, 0.2) is 54.9 Å². The normalized spacial score (nSPS) is 11.1. The van der Waals surface area contributed by atoms with E-state index in [4.69, 9.17) is 26.3 Å². The number of aryl methyl sites for hydroxylation is 1. The van der Waals surface area contributed by atoms with Gasteiger partial charge in [0.25, 0.3) is 5.91 Å². The number of hydrogen-bond donors (Lipinski definition) is 2. The van der Waals surface area contributed by atoms with Crippen molar-refractivity contribution in [3.05, 3.63) is 77.0 Å². The summed E-state index contributed by atoms with van der Waals surface area (Å²) >= 11 is 6.05. The molecule has 4 rings (SSSR count). The van der Waals surface area contributed by atoms with Crippen molar-refractivity contribution >= 4 is 28.4 Å². The van der Waals surface area contributed by atoms with E-state index >= 15 is 0 Å². The Labute approximate surface area is 204 Å². The summed E-state index contributed by atoms with van der Waals surface area (Å²) in [5.74, 6) is 1.36. The number of hydrogen-bond acceptors (Lipinski definition) is 5. The number of imidazole rings is 1. The molecule has 0 spiro atoms. The molecule has 0 fully saturated rings. The quantitative estimate of drug-likeness (QED) is 0.284. The van der Waals surface area contributed by atoms with Gasteiger partial charge in [0.15, 0.2) is 5.82 Å². The van der Waals surface area contributed by atoms with Crippen LogP contribution in [-0.4, -0.2) is 39.0 Å². The second-order valence-corrected chi connectivity index (χ2v) is 8.47. The molecule has 34 heavy (non-hydrogen) atoms. The van der Waals surface area contributed by atoms with Crippen LogP contribution in [0, 0.1) is 0 Å². The number of halogens is 1. The maximum Gasteiger partial charge on any atom is 0.251 e. The van der Waals surface area contributed by atoms with E-state index < -0.39 is 0 Å². The zero-order valence-corrected chi connectivity index (χ0v) is 19.9. The number of carbonyl (C=O) groups is 1. The monoisotopic (exact) mass is 477 g/mol. The lowest BCUT2D eigenvalue weighted by atomic mass is 10.1. The summed E-state index contributed by atoms with van der Waals surface area (Å²) in [7, 11) is 0. The number of carbonyl (C=O) groups excluding carboxylic acids is 1. The van der Waals surface area contributed by atoms with Gasteiger partial charge >= 0.3 is 0 Å². The molecule has 176 valence electrons. The van der Waals surface area contributed by atoms with Crippen LogP contribution in [0.3, 0.4) is 0 Å². The Bertz CT molecular complexity index is 1230. The fourth-order valence-corrected chi connectivity index (χ4v) is 3.71. The van der Waals surface area contributed by atoms with Crippen LogP contribution in [-0.2, 0) is 17.8 Å². The Hall–Kier alpha value is -3.29. The second-order valence-electron chi connectivity index (χ2n) is 8.03. The molecule has 7 nitrogen and oxygen atoms in total. The van der Waals surface area contributed by atoms with Crippen LogP contribution in [0.4, 0.5) is 0 Å². The van der Waals surface area contributed by atoms with E-state index in [0.717, 1.165) is 48.2 Å². The summed E-state index contributed by atoms with van der Waals surface area (Å²) in [6.07, 6.45) is 7.18. The first kappa shape index (κ1) is 23.9. The third kappa shape index (κ3) is 6.18. The average Bonchev–Trinajstić information content (AvgIpc) is 3.38. The number of aromatic nitrogens is 4. The van der Waals surface area contributed by atoms with Crippen LogP contribution in [0.5, 0.6) is 0 Å². The van der Waals surface area contributed by atoms with Crippen molar-refractivity contribution < 1.29 is 9.53 Å². The molecule has 4 aromatic rings. The van der Waals surface area contributed by atoms with Gasteiger partial charge in [0.1, 0.15) is 5.82 Å². The maximum atomic E-state index is 12.8. The van der Waals surface area contributed by atoms with Crippen molar-refractivity contribution in [3.8, 4) is 11.4 Å². The topological polar surface area (TPSA) is 92.8 Å². The highest BCUT2D eigenvalue weighted by atomic mass is 35.5. The average molecular weight is 478 g/mol. The number of H-pyrrole nitrogens is 1. The zero-order chi connectivity index (χ0) is 23.8. The number of ether oxygens (including phenoxy) is 1. The van der Waals surface area contributed by atoms with E-state index in [0.29, 0.717) is 41.7 Å². The molecule has 0 saturated heterocycles. The Morgan fingerprint density at radius 3 is 2.74 bits per heavy atom. The molecule has 0 aliphatic carbocycles. The molecule has 2 heterocycles. The summed E-state index contributed by atoms with van der Waals surface area (Å²) in [4.78, 5) is 29.5. The number of amides is 1. The number of nitrogens with zero attached hydrogens (tertiary/aromatic N) is 3. The Balaban J connectivity index is 1.54. The SMILES string of the molecule is CCCCOCc1nc(-c2ccc(Cl)cc2)nc2cc(C(=O)NCCCc3ncc[nH]3)ccc12. The highest BCUT2D eigenvalue weighted by molar-refractivity contribution is 6.30. The van der Waals surface area contributed by atoms with Gasteiger partial charge in [0, 0.05) is 53.5 Å². The highest BCUT2D eigenvalue weighted by Gasteiger charge is 2.13. The van der Waals surface area contributed by atoms with E-state index in [1.165, 1.54) is 0 Å². The van der Waals surface area contributed by atoms with Crippen molar-refractivity contribution in [2.45, 2.75) is 39.2 Å². The van der Waals surface area contributed by atoms with Gasteiger partial charge in [-0.05, 0) is 49.2 Å². The third-order valence-electron chi connectivity index (χ3n) is 5.45. The predicted octanol–water partition coefficient (Wildman–Crippen LogP) is 5.35. The van der Waals surface area contributed by atoms with Gasteiger partial charge in [-0.1, -0.05) is 31.0 Å². The lowest BCUT2D eigenvalue weighted by molar-refractivity contribution is 0.0953. The molecular formula is C26H28ClN5O2. The first-order valence-electron chi connectivity index (χ1n) is 11.5. The van der Waals surface area contributed by atoms with E-state index in [9.17, 15) is 4.79 Å². The summed E-state index contributed by atoms with van der Waals surface area (Å²) < 4.78 is 5.85. The fourth-order valence-electron chi connectivity index (χ4n) is 3.58. The molecular weight excluding hydrogens is 450 g/mol. The number of benzene rings is 2. The van der Waals surface area contributed by atoms with Crippen molar-refractivity contribution in [2.24, 2.45) is 0 Å². The molecule has 2 aromatic heterocycles. The highest BCUT2D eigenvalue weighted by Crippen LogP contribution is 2.24. The Kier molecular flexibility index (Phi) is 8.22.